The first-order valence-electron chi connectivity index (χ1n) is 9.55. The van der Waals surface area contributed by atoms with Crippen molar-refractivity contribution in [1.82, 2.24) is 10.2 Å². The van der Waals surface area contributed by atoms with Crippen molar-refractivity contribution in [3.8, 4) is 0 Å². The molecule has 0 saturated carbocycles. The first kappa shape index (κ1) is 22.2. The number of rotatable bonds is 7. The smallest absolute Gasteiger partial charge is 0.245 e. The maximum atomic E-state index is 13.0. The molecule has 1 aliphatic heterocycles. The van der Waals surface area contributed by atoms with E-state index in [1.54, 1.807) is 11.3 Å². The minimum absolute atomic E-state index is 0. The number of halogens is 1. The number of nitrogens with two attached hydrogens (primary N) is 1. The molecule has 1 unspecified atom stereocenters. The van der Waals surface area contributed by atoms with E-state index in [9.17, 15) is 9.59 Å². The van der Waals surface area contributed by atoms with Crippen molar-refractivity contribution in [2.45, 2.75) is 51.6 Å². The molecule has 3 rings (SSSR count). The zero-order chi connectivity index (χ0) is 19.2. The summed E-state index contributed by atoms with van der Waals surface area (Å²) in [6.07, 6.45) is 3.31. The lowest BCUT2D eigenvalue weighted by Gasteiger charge is -2.31. The van der Waals surface area contributed by atoms with Gasteiger partial charge in [0.05, 0.1) is 0 Å². The van der Waals surface area contributed by atoms with Gasteiger partial charge in [0.15, 0.2) is 0 Å². The number of fused-ring (bicyclic) bond motifs is 1. The molecule has 2 aromatic rings. The predicted octanol–water partition coefficient (Wildman–Crippen LogP) is 3.55. The lowest BCUT2D eigenvalue weighted by Crippen LogP contribution is -2.49. The van der Waals surface area contributed by atoms with Crippen LogP contribution >= 0.6 is 23.7 Å². The number of para-hydroxylation sites is 1. The zero-order valence-electron chi connectivity index (χ0n) is 16.1. The fraction of sp³-hybridized carbons (Fsp3) is 0.429. The van der Waals surface area contributed by atoms with Gasteiger partial charge in [-0.2, -0.15) is 0 Å². The second-order valence-electron chi connectivity index (χ2n) is 6.99. The summed E-state index contributed by atoms with van der Waals surface area (Å²) < 4.78 is 0. The minimum atomic E-state index is -0.448. The zero-order valence-corrected chi connectivity index (χ0v) is 17.8. The first-order valence-corrected chi connectivity index (χ1v) is 10.4. The Morgan fingerprint density at radius 1 is 1.29 bits per heavy atom. The molecule has 1 aromatic carbocycles. The molecule has 0 radical (unpaired) electrons. The van der Waals surface area contributed by atoms with Crippen LogP contribution in [-0.4, -0.2) is 29.3 Å². The van der Waals surface area contributed by atoms with Crippen LogP contribution < -0.4 is 11.1 Å². The molecular formula is C21H28ClN3O2S. The first-order chi connectivity index (χ1) is 13.1. The molecule has 1 atom stereocenters. The van der Waals surface area contributed by atoms with Gasteiger partial charge < -0.3 is 16.0 Å². The molecule has 2 heterocycles. The number of amides is 2. The lowest BCUT2D eigenvalue weighted by molar-refractivity contribution is -0.137. The summed E-state index contributed by atoms with van der Waals surface area (Å²) in [4.78, 5) is 28.7. The number of hydrogen-bond donors (Lipinski definition) is 2. The molecule has 3 N–H and O–H groups in total. The Morgan fingerprint density at radius 2 is 2.07 bits per heavy atom. The van der Waals surface area contributed by atoms with Crippen LogP contribution in [0.1, 0.15) is 42.2 Å². The fourth-order valence-electron chi connectivity index (χ4n) is 3.48. The Morgan fingerprint density at radius 3 is 2.82 bits per heavy atom. The van der Waals surface area contributed by atoms with Gasteiger partial charge in [-0.25, -0.2) is 0 Å². The maximum absolute atomic E-state index is 13.0. The molecule has 0 bridgehead atoms. The predicted molar refractivity (Wildman–Crippen MR) is 117 cm³/mol. The van der Waals surface area contributed by atoms with E-state index in [1.165, 1.54) is 10.4 Å². The van der Waals surface area contributed by atoms with E-state index < -0.39 is 6.04 Å². The largest absolute Gasteiger partial charge is 0.399 e. The van der Waals surface area contributed by atoms with Gasteiger partial charge in [0.1, 0.15) is 6.04 Å². The summed E-state index contributed by atoms with van der Waals surface area (Å²) >= 11 is 1.76. The van der Waals surface area contributed by atoms with Crippen molar-refractivity contribution in [2.75, 3.05) is 12.3 Å². The molecule has 5 nitrogen and oxygen atoms in total. The Labute approximate surface area is 176 Å². The summed E-state index contributed by atoms with van der Waals surface area (Å²) in [5, 5.41) is 5.04. The molecule has 0 spiro atoms. The van der Waals surface area contributed by atoms with E-state index in [-0.39, 0.29) is 24.2 Å². The van der Waals surface area contributed by atoms with E-state index in [4.69, 9.17) is 5.73 Å². The topological polar surface area (TPSA) is 75.4 Å². The number of aryl methyl sites for hydroxylation is 1. The summed E-state index contributed by atoms with van der Waals surface area (Å²) in [5.41, 5.74) is 8.84. The van der Waals surface area contributed by atoms with Crippen LogP contribution in [0.15, 0.2) is 35.7 Å². The number of carbonyl (C=O) groups excluding carboxylic acids is 2. The van der Waals surface area contributed by atoms with Crippen molar-refractivity contribution in [3.63, 3.8) is 0 Å². The van der Waals surface area contributed by atoms with Crippen molar-refractivity contribution in [1.29, 1.82) is 0 Å². The van der Waals surface area contributed by atoms with E-state index >= 15 is 0 Å². The molecular weight excluding hydrogens is 394 g/mol. The van der Waals surface area contributed by atoms with Crippen molar-refractivity contribution in [2.24, 2.45) is 0 Å². The Hall–Kier alpha value is -2.05. The highest BCUT2D eigenvalue weighted by Crippen LogP contribution is 2.24. The SMILES string of the molecule is CCCC(NC(=O)CCc1ccccc1N)C(=O)N1CCc2sccc2C1.Cl. The molecule has 0 saturated heterocycles. The number of nitrogen functional groups attached to an aromatic ring is 1. The van der Waals surface area contributed by atoms with E-state index in [0.717, 1.165) is 24.9 Å². The second kappa shape index (κ2) is 10.5. The van der Waals surface area contributed by atoms with Gasteiger partial charge >= 0.3 is 0 Å². The highest BCUT2D eigenvalue weighted by atomic mass is 35.5. The average Bonchev–Trinajstić information content (AvgIpc) is 3.14. The number of hydrogen-bond acceptors (Lipinski definition) is 4. The van der Waals surface area contributed by atoms with Gasteiger partial charge in [0.2, 0.25) is 11.8 Å². The van der Waals surface area contributed by atoms with Gasteiger partial charge in [-0.3, -0.25) is 9.59 Å². The number of carbonyl (C=O) groups is 2. The van der Waals surface area contributed by atoms with Crippen molar-refractivity contribution >= 4 is 41.2 Å². The lowest BCUT2D eigenvalue weighted by atomic mass is 10.0. The fourth-order valence-corrected chi connectivity index (χ4v) is 4.37. The number of benzene rings is 1. The molecule has 7 heteroatoms. The van der Waals surface area contributed by atoms with Gasteiger partial charge in [0.25, 0.3) is 0 Å². The third kappa shape index (κ3) is 5.49. The van der Waals surface area contributed by atoms with Crippen LogP contribution in [0.5, 0.6) is 0 Å². The molecule has 152 valence electrons. The summed E-state index contributed by atoms with van der Waals surface area (Å²) in [5.74, 6) is -0.0699. The van der Waals surface area contributed by atoms with Crippen LogP contribution in [0.4, 0.5) is 5.69 Å². The maximum Gasteiger partial charge on any atom is 0.245 e. The molecule has 0 fully saturated rings. The monoisotopic (exact) mass is 421 g/mol. The quantitative estimate of drug-likeness (QED) is 0.671. The van der Waals surface area contributed by atoms with Gasteiger partial charge in [-0.05, 0) is 47.9 Å². The van der Waals surface area contributed by atoms with Gasteiger partial charge in [-0.15, -0.1) is 23.7 Å². The number of anilines is 1. The second-order valence-corrected chi connectivity index (χ2v) is 7.99. The molecule has 1 aromatic heterocycles. The van der Waals surface area contributed by atoms with Gasteiger partial charge in [0, 0.05) is 30.1 Å². The van der Waals surface area contributed by atoms with Crippen LogP contribution in [0.2, 0.25) is 0 Å². The van der Waals surface area contributed by atoms with E-state index in [1.807, 2.05) is 36.1 Å². The van der Waals surface area contributed by atoms with Crippen LogP contribution in [0, 0.1) is 0 Å². The highest BCUT2D eigenvalue weighted by molar-refractivity contribution is 7.10. The van der Waals surface area contributed by atoms with E-state index in [2.05, 4.69) is 16.8 Å². The van der Waals surface area contributed by atoms with E-state index in [0.29, 0.717) is 31.5 Å². The molecule has 2 amide bonds. The number of nitrogens with zero attached hydrogens (tertiary/aromatic N) is 1. The van der Waals surface area contributed by atoms with Gasteiger partial charge in [-0.1, -0.05) is 31.5 Å². The molecule has 0 aliphatic carbocycles. The average molecular weight is 422 g/mol. The molecule has 1 aliphatic rings. The normalized spacial score (nSPS) is 14.0. The Bertz CT molecular complexity index is 808. The molecule has 28 heavy (non-hydrogen) atoms. The Balaban J connectivity index is 0.00000280. The third-order valence-corrected chi connectivity index (χ3v) is 6.03. The number of thiophene rings is 1. The highest BCUT2D eigenvalue weighted by Gasteiger charge is 2.28. The van der Waals surface area contributed by atoms with Crippen molar-refractivity contribution in [3.05, 3.63) is 51.7 Å². The Kier molecular flexibility index (Phi) is 8.33. The third-order valence-electron chi connectivity index (χ3n) is 5.01. The van der Waals surface area contributed by atoms with Crippen LogP contribution in [-0.2, 0) is 29.0 Å². The summed E-state index contributed by atoms with van der Waals surface area (Å²) in [7, 11) is 0. The number of nitrogens with one attached hydrogen (secondary N) is 1. The standard InChI is InChI=1S/C21H27N3O2S.ClH/c1-2-5-18(21(26)24-12-10-19-16(14-24)11-13-27-19)23-20(25)9-8-15-6-3-4-7-17(15)22;/h3-4,6-7,11,13,18H,2,5,8-10,12,14,22H2,1H3,(H,23,25);1H. The van der Waals surface area contributed by atoms with Crippen LogP contribution in [0.3, 0.4) is 0 Å². The van der Waals surface area contributed by atoms with Crippen LogP contribution in [0.25, 0.3) is 0 Å². The minimum Gasteiger partial charge on any atom is -0.399 e. The summed E-state index contributed by atoms with van der Waals surface area (Å²) in [6, 6.07) is 9.22. The summed E-state index contributed by atoms with van der Waals surface area (Å²) in [6.45, 7) is 3.40. The van der Waals surface area contributed by atoms with Crippen molar-refractivity contribution < 1.29 is 9.59 Å².